The van der Waals surface area contributed by atoms with E-state index in [4.69, 9.17) is 16.3 Å². The highest BCUT2D eigenvalue weighted by Gasteiger charge is 2.27. The average molecular weight is 471 g/mol. The summed E-state index contributed by atoms with van der Waals surface area (Å²) in [5.41, 5.74) is 0.661. The number of carbonyl (C=O) groups excluding carboxylic acids is 1. The number of halogens is 1. The van der Waals surface area contributed by atoms with E-state index in [-0.39, 0.29) is 16.7 Å². The van der Waals surface area contributed by atoms with E-state index >= 15 is 0 Å². The van der Waals surface area contributed by atoms with Gasteiger partial charge in [0, 0.05) is 17.6 Å². The number of sulfonamides is 1. The molecule has 29 heavy (non-hydrogen) atoms. The van der Waals surface area contributed by atoms with Crippen LogP contribution in [-0.2, 0) is 21.4 Å². The third kappa shape index (κ3) is 5.18. The van der Waals surface area contributed by atoms with Crippen molar-refractivity contribution in [2.24, 2.45) is 0 Å². The van der Waals surface area contributed by atoms with Crippen LogP contribution < -0.4 is 9.64 Å². The molecule has 0 saturated carbocycles. The van der Waals surface area contributed by atoms with Gasteiger partial charge in [-0.25, -0.2) is 8.42 Å². The van der Waals surface area contributed by atoms with Gasteiger partial charge in [-0.2, -0.15) is 4.31 Å². The molecule has 0 N–H and O–H groups in total. The number of rotatable bonds is 8. The Morgan fingerprint density at radius 2 is 1.86 bits per heavy atom. The number of amides is 1. The molecule has 6 nitrogen and oxygen atoms in total. The van der Waals surface area contributed by atoms with Crippen molar-refractivity contribution in [3.05, 3.63) is 63.1 Å². The zero-order chi connectivity index (χ0) is 21.0. The van der Waals surface area contributed by atoms with Crippen LogP contribution in [0.3, 0.4) is 0 Å². The van der Waals surface area contributed by atoms with Gasteiger partial charge in [-0.15, -0.1) is 22.7 Å². The van der Waals surface area contributed by atoms with Gasteiger partial charge in [-0.05, 0) is 47.8 Å². The maximum absolute atomic E-state index is 13.1. The normalized spacial score (nSPS) is 11.6. The molecule has 10 heteroatoms. The second kappa shape index (κ2) is 9.27. The molecule has 2 aromatic heterocycles. The van der Waals surface area contributed by atoms with Crippen LogP contribution in [0.2, 0.25) is 4.34 Å². The first-order chi connectivity index (χ1) is 13.8. The van der Waals surface area contributed by atoms with E-state index in [0.29, 0.717) is 22.3 Å². The number of thiophene rings is 2. The largest absolute Gasteiger partial charge is 0.497 e. The van der Waals surface area contributed by atoms with Gasteiger partial charge < -0.3 is 9.64 Å². The number of hydrogen-bond donors (Lipinski definition) is 0. The van der Waals surface area contributed by atoms with Gasteiger partial charge in [0.1, 0.15) is 9.96 Å². The van der Waals surface area contributed by atoms with Crippen LogP contribution in [0.1, 0.15) is 4.88 Å². The summed E-state index contributed by atoms with van der Waals surface area (Å²) in [6.07, 6.45) is 0. The Morgan fingerprint density at radius 3 is 2.41 bits per heavy atom. The highest BCUT2D eigenvalue weighted by molar-refractivity contribution is 7.91. The molecule has 0 unspecified atom stereocenters. The first-order valence-electron chi connectivity index (χ1n) is 8.49. The van der Waals surface area contributed by atoms with E-state index < -0.39 is 10.0 Å². The highest BCUT2D eigenvalue weighted by Crippen LogP contribution is 2.28. The van der Waals surface area contributed by atoms with Crippen molar-refractivity contribution in [2.45, 2.75) is 10.8 Å². The van der Waals surface area contributed by atoms with E-state index in [1.807, 2.05) is 17.5 Å². The molecular formula is C19H19ClN2O4S3. The average Bonchev–Trinajstić information content (AvgIpc) is 3.38. The van der Waals surface area contributed by atoms with Crippen molar-refractivity contribution < 1.29 is 17.9 Å². The van der Waals surface area contributed by atoms with Crippen LogP contribution in [0.15, 0.2) is 58.1 Å². The summed E-state index contributed by atoms with van der Waals surface area (Å²) in [4.78, 5) is 15.6. The number of carbonyl (C=O) groups is 1. The topological polar surface area (TPSA) is 66.9 Å². The lowest BCUT2D eigenvalue weighted by Gasteiger charge is -2.25. The Hall–Kier alpha value is -1.91. The monoisotopic (exact) mass is 470 g/mol. The minimum Gasteiger partial charge on any atom is -0.497 e. The molecule has 0 fully saturated rings. The van der Waals surface area contributed by atoms with Gasteiger partial charge in [-0.1, -0.05) is 17.7 Å². The van der Waals surface area contributed by atoms with Crippen LogP contribution in [0.25, 0.3) is 0 Å². The standard InChI is InChI=1S/C19H19ClN2O4S3/c1-21(29(24,25)19-10-9-17(20)28-19)13-18(23)22(12-16-4-3-11-27-16)14-5-7-15(26-2)8-6-14/h3-11H,12-13H2,1-2H3. The number of nitrogens with zero attached hydrogens (tertiary/aromatic N) is 2. The fourth-order valence-electron chi connectivity index (χ4n) is 2.59. The predicted octanol–water partition coefficient (Wildman–Crippen LogP) is 4.33. The molecule has 0 aliphatic rings. The summed E-state index contributed by atoms with van der Waals surface area (Å²) < 4.78 is 32.2. The first-order valence-corrected chi connectivity index (χ1v) is 12.0. The van der Waals surface area contributed by atoms with Crippen molar-refractivity contribution in [1.82, 2.24) is 4.31 Å². The molecule has 0 aliphatic heterocycles. The summed E-state index contributed by atoms with van der Waals surface area (Å²) in [5.74, 6) is 0.337. The Kier molecular flexibility index (Phi) is 6.97. The number of ether oxygens (including phenoxy) is 1. The summed E-state index contributed by atoms with van der Waals surface area (Å²) in [6, 6.07) is 13.9. The van der Waals surface area contributed by atoms with Gasteiger partial charge in [0.15, 0.2) is 0 Å². The Bertz CT molecular complexity index is 1060. The van der Waals surface area contributed by atoms with Gasteiger partial charge >= 0.3 is 0 Å². The molecule has 154 valence electrons. The summed E-state index contributed by atoms with van der Waals surface area (Å²) in [5, 5.41) is 1.93. The van der Waals surface area contributed by atoms with Gasteiger partial charge in [0.25, 0.3) is 10.0 Å². The Balaban J connectivity index is 1.83. The quantitative estimate of drug-likeness (QED) is 0.491. The number of hydrogen-bond acceptors (Lipinski definition) is 6. The predicted molar refractivity (Wildman–Crippen MR) is 118 cm³/mol. The second-order valence-corrected chi connectivity index (χ2v) is 11.1. The van der Waals surface area contributed by atoms with Gasteiger partial charge in [0.05, 0.1) is 24.5 Å². The van der Waals surface area contributed by atoms with E-state index in [1.54, 1.807) is 36.3 Å². The number of benzene rings is 1. The molecule has 0 saturated heterocycles. The zero-order valence-electron chi connectivity index (χ0n) is 15.7. The molecule has 0 atom stereocenters. The minimum absolute atomic E-state index is 0.104. The molecule has 1 aromatic carbocycles. The van der Waals surface area contributed by atoms with Crippen molar-refractivity contribution in [3.8, 4) is 5.75 Å². The van der Waals surface area contributed by atoms with Crippen LogP contribution in [0, 0.1) is 0 Å². The molecule has 3 rings (SSSR count). The molecular weight excluding hydrogens is 452 g/mol. The van der Waals surface area contributed by atoms with Crippen molar-refractivity contribution in [3.63, 3.8) is 0 Å². The lowest BCUT2D eigenvalue weighted by molar-refractivity contribution is -0.118. The van der Waals surface area contributed by atoms with Crippen LogP contribution in [0.5, 0.6) is 5.75 Å². The fourth-order valence-corrected chi connectivity index (χ4v) is 6.10. The number of methoxy groups -OCH3 is 1. The van der Waals surface area contributed by atoms with Crippen LogP contribution in [-0.4, -0.2) is 39.3 Å². The number of likely N-dealkylation sites (N-methyl/N-ethyl adjacent to an activating group) is 1. The van der Waals surface area contributed by atoms with E-state index in [9.17, 15) is 13.2 Å². The molecule has 0 radical (unpaired) electrons. The second-order valence-electron chi connectivity index (χ2n) is 6.08. The molecule has 1 amide bonds. The molecule has 0 spiro atoms. The maximum atomic E-state index is 13.1. The van der Waals surface area contributed by atoms with Crippen molar-refractivity contribution in [2.75, 3.05) is 25.6 Å². The molecule has 3 aromatic rings. The lowest BCUT2D eigenvalue weighted by atomic mass is 10.2. The van der Waals surface area contributed by atoms with Crippen LogP contribution >= 0.6 is 34.3 Å². The molecule has 0 aliphatic carbocycles. The van der Waals surface area contributed by atoms with E-state index in [1.165, 1.54) is 30.5 Å². The Labute approximate surface area is 183 Å². The SMILES string of the molecule is COc1ccc(N(Cc2cccs2)C(=O)CN(C)S(=O)(=O)c2ccc(Cl)s2)cc1. The fraction of sp³-hybridized carbons (Fsp3) is 0.211. The summed E-state index contributed by atoms with van der Waals surface area (Å²) >= 11 is 8.36. The summed E-state index contributed by atoms with van der Waals surface area (Å²) in [7, 11) is -0.842. The third-order valence-corrected chi connectivity index (χ3v) is 8.51. The van der Waals surface area contributed by atoms with Gasteiger partial charge in [0.2, 0.25) is 5.91 Å². The highest BCUT2D eigenvalue weighted by atomic mass is 35.5. The molecule has 2 heterocycles. The maximum Gasteiger partial charge on any atom is 0.252 e. The number of anilines is 1. The minimum atomic E-state index is -3.80. The van der Waals surface area contributed by atoms with Crippen molar-refractivity contribution >= 4 is 55.9 Å². The van der Waals surface area contributed by atoms with Gasteiger partial charge in [-0.3, -0.25) is 4.79 Å². The smallest absolute Gasteiger partial charge is 0.252 e. The zero-order valence-corrected chi connectivity index (χ0v) is 18.9. The third-order valence-electron chi connectivity index (χ3n) is 4.15. The van der Waals surface area contributed by atoms with Crippen LogP contribution in [0.4, 0.5) is 5.69 Å². The van der Waals surface area contributed by atoms with Crippen molar-refractivity contribution in [1.29, 1.82) is 0 Å². The summed E-state index contributed by atoms with van der Waals surface area (Å²) in [6.45, 7) is 0.0524. The lowest BCUT2D eigenvalue weighted by Crippen LogP contribution is -2.40. The van der Waals surface area contributed by atoms with E-state index in [0.717, 1.165) is 20.5 Å². The van der Waals surface area contributed by atoms with E-state index in [2.05, 4.69) is 0 Å². The molecule has 0 bridgehead atoms. The first kappa shape index (κ1) is 21.8. The Morgan fingerprint density at radius 1 is 1.14 bits per heavy atom.